The molecule has 5 heteroatoms. The number of hydrogen-bond donors (Lipinski definition) is 2. The molecular weight excluding hydrogens is 306 g/mol. The molecule has 0 radical (unpaired) electrons. The molecule has 3 aromatic rings. The molecule has 3 atom stereocenters. The summed E-state index contributed by atoms with van der Waals surface area (Å²) >= 11 is 1.72. The van der Waals surface area contributed by atoms with Crippen LogP contribution in [0.3, 0.4) is 0 Å². The Morgan fingerprint density at radius 2 is 2.13 bits per heavy atom. The number of amides is 1. The van der Waals surface area contributed by atoms with Crippen LogP contribution in [0.15, 0.2) is 36.5 Å². The zero-order valence-electron chi connectivity index (χ0n) is 12.6. The average molecular weight is 323 g/mol. The lowest BCUT2D eigenvalue weighted by molar-refractivity contribution is 0.0920. The summed E-state index contributed by atoms with van der Waals surface area (Å²) in [5.74, 6) is 0.541. The van der Waals surface area contributed by atoms with Gasteiger partial charge < -0.3 is 10.6 Å². The largest absolute Gasteiger partial charge is 0.348 e. The van der Waals surface area contributed by atoms with E-state index in [1.807, 2.05) is 24.4 Å². The van der Waals surface area contributed by atoms with E-state index >= 15 is 0 Å². The molecule has 116 valence electrons. The predicted molar refractivity (Wildman–Crippen MR) is 92.9 cm³/mol. The summed E-state index contributed by atoms with van der Waals surface area (Å²) in [4.78, 5) is 17.0. The number of nitrogens with zero attached hydrogens (tertiary/aromatic N) is 1. The van der Waals surface area contributed by atoms with Gasteiger partial charge in [-0.05, 0) is 30.9 Å². The molecule has 3 unspecified atom stereocenters. The number of hydrogen-bond acceptors (Lipinski definition) is 4. The molecule has 5 rings (SSSR count). The summed E-state index contributed by atoms with van der Waals surface area (Å²) in [6, 6.07) is 11.1. The zero-order valence-corrected chi connectivity index (χ0v) is 13.4. The second-order valence-corrected chi connectivity index (χ2v) is 7.66. The Morgan fingerprint density at radius 1 is 1.22 bits per heavy atom. The van der Waals surface area contributed by atoms with Gasteiger partial charge in [0.15, 0.2) is 0 Å². The lowest BCUT2D eigenvalue weighted by Crippen LogP contribution is -2.44. The van der Waals surface area contributed by atoms with Crippen LogP contribution in [-0.4, -0.2) is 29.5 Å². The fraction of sp³-hybridized carbons (Fsp3) is 0.333. The molecule has 1 saturated carbocycles. The Morgan fingerprint density at radius 3 is 2.96 bits per heavy atom. The number of pyridine rings is 1. The van der Waals surface area contributed by atoms with Gasteiger partial charge in [-0.15, -0.1) is 11.3 Å². The first-order chi connectivity index (χ1) is 11.3. The molecule has 1 saturated heterocycles. The topological polar surface area (TPSA) is 54.0 Å². The van der Waals surface area contributed by atoms with Crippen molar-refractivity contribution >= 4 is 37.4 Å². The van der Waals surface area contributed by atoms with Crippen LogP contribution in [0.1, 0.15) is 23.3 Å². The Hall–Kier alpha value is -1.98. The Kier molecular flexibility index (Phi) is 2.93. The van der Waals surface area contributed by atoms with E-state index in [-0.39, 0.29) is 5.91 Å². The van der Waals surface area contributed by atoms with Gasteiger partial charge in [-0.25, -0.2) is 0 Å². The zero-order chi connectivity index (χ0) is 15.4. The number of thiophene rings is 1. The molecule has 0 spiro atoms. The molecule has 2 fully saturated rings. The Bertz CT molecular complexity index is 919. The molecule has 1 amide bonds. The van der Waals surface area contributed by atoms with Gasteiger partial charge in [0.2, 0.25) is 0 Å². The molecule has 2 aliphatic rings. The highest BCUT2D eigenvalue weighted by Gasteiger charge is 2.40. The van der Waals surface area contributed by atoms with Crippen LogP contribution >= 0.6 is 11.3 Å². The third-order valence-corrected chi connectivity index (χ3v) is 6.31. The van der Waals surface area contributed by atoms with Gasteiger partial charge in [0.25, 0.3) is 5.91 Å². The first-order valence-corrected chi connectivity index (χ1v) is 8.91. The molecule has 1 aliphatic heterocycles. The van der Waals surface area contributed by atoms with Gasteiger partial charge in [-0.2, -0.15) is 0 Å². The summed E-state index contributed by atoms with van der Waals surface area (Å²) in [6.07, 6.45) is 4.07. The number of piperidine rings is 1. The van der Waals surface area contributed by atoms with Crippen molar-refractivity contribution in [3.05, 3.63) is 42.2 Å². The molecule has 3 heterocycles. The normalized spacial score (nSPS) is 26.2. The Labute approximate surface area is 137 Å². The van der Waals surface area contributed by atoms with Gasteiger partial charge in [0.1, 0.15) is 5.69 Å². The number of nitrogens with one attached hydrogen (secondary N) is 2. The molecule has 2 N–H and O–H groups in total. The average Bonchev–Trinajstić information content (AvgIpc) is 3.27. The summed E-state index contributed by atoms with van der Waals surface area (Å²) < 4.78 is 2.36. The standard InChI is InChI=1S/C18H17N3OS/c22-18(21-14-6-11-5-10(14)8-19-11)15-7-17-13(9-20-15)12-3-1-2-4-16(12)23-17/h1-4,7,9-11,14,19H,5-6,8H2,(H,21,22). The van der Waals surface area contributed by atoms with Crippen molar-refractivity contribution < 1.29 is 4.79 Å². The van der Waals surface area contributed by atoms with Crippen molar-refractivity contribution in [1.29, 1.82) is 0 Å². The van der Waals surface area contributed by atoms with Crippen molar-refractivity contribution in [2.45, 2.75) is 24.9 Å². The number of rotatable bonds is 2. The van der Waals surface area contributed by atoms with E-state index < -0.39 is 0 Å². The summed E-state index contributed by atoms with van der Waals surface area (Å²) in [6.45, 7) is 1.03. The van der Waals surface area contributed by atoms with E-state index in [1.165, 1.54) is 16.5 Å². The second-order valence-electron chi connectivity index (χ2n) is 6.58. The van der Waals surface area contributed by atoms with Gasteiger partial charge >= 0.3 is 0 Å². The molecule has 1 aliphatic carbocycles. The highest BCUT2D eigenvalue weighted by atomic mass is 32.1. The maximum absolute atomic E-state index is 12.5. The molecular formula is C18H17N3OS. The van der Waals surface area contributed by atoms with Crippen LogP contribution in [0.5, 0.6) is 0 Å². The van der Waals surface area contributed by atoms with E-state index in [1.54, 1.807) is 11.3 Å². The fourth-order valence-corrected chi connectivity index (χ4v) is 5.11. The molecule has 23 heavy (non-hydrogen) atoms. The first-order valence-electron chi connectivity index (χ1n) is 8.09. The SMILES string of the molecule is O=C(NC1CC2CC1CN2)c1cc2sc3ccccc3c2cn1. The van der Waals surface area contributed by atoms with Crippen LogP contribution in [0.2, 0.25) is 0 Å². The minimum absolute atomic E-state index is 0.0399. The van der Waals surface area contributed by atoms with Crippen LogP contribution in [0, 0.1) is 5.92 Å². The smallest absolute Gasteiger partial charge is 0.270 e. The van der Waals surface area contributed by atoms with Crippen LogP contribution in [0.25, 0.3) is 20.2 Å². The quantitative estimate of drug-likeness (QED) is 0.762. The maximum Gasteiger partial charge on any atom is 0.270 e. The van der Waals surface area contributed by atoms with Gasteiger partial charge in [0.05, 0.1) is 0 Å². The summed E-state index contributed by atoms with van der Waals surface area (Å²) in [5.41, 5.74) is 0.528. The third-order valence-electron chi connectivity index (χ3n) is 5.18. The van der Waals surface area contributed by atoms with Crippen molar-refractivity contribution in [2.75, 3.05) is 6.54 Å². The van der Waals surface area contributed by atoms with Gasteiger partial charge in [-0.3, -0.25) is 9.78 Å². The molecule has 2 bridgehead atoms. The van der Waals surface area contributed by atoms with Crippen molar-refractivity contribution in [3.63, 3.8) is 0 Å². The molecule has 1 aromatic carbocycles. The number of carbonyl (C=O) groups excluding carboxylic acids is 1. The van der Waals surface area contributed by atoms with Crippen LogP contribution < -0.4 is 10.6 Å². The first kappa shape index (κ1) is 13.5. The maximum atomic E-state index is 12.5. The summed E-state index contributed by atoms with van der Waals surface area (Å²) in [7, 11) is 0. The number of benzene rings is 1. The third kappa shape index (κ3) is 2.15. The van der Waals surface area contributed by atoms with Gasteiger partial charge in [0, 0.05) is 45.0 Å². The molecule has 4 nitrogen and oxygen atoms in total. The number of fused-ring (bicyclic) bond motifs is 5. The van der Waals surface area contributed by atoms with E-state index in [9.17, 15) is 4.79 Å². The van der Waals surface area contributed by atoms with Crippen molar-refractivity contribution in [1.82, 2.24) is 15.6 Å². The molecule has 2 aromatic heterocycles. The minimum atomic E-state index is -0.0399. The van der Waals surface area contributed by atoms with E-state index in [4.69, 9.17) is 0 Å². The van der Waals surface area contributed by atoms with Gasteiger partial charge in [-0.1, -0.05) is 18.2 Å². The lowest BCUT2D eigenvalue weighted by atomic mass is 10.0. The van der Waals surface area contributed by atoms with E-state index in [0.717, 1.165) is 23.1 Å². The number of aromatic nitrogens is 1. The van der Waals surface area contributed by atoms with Crippen molar-refractivity contribution in [3.8, 4) is 0 Å². The minimum Gasteiger partial charge on any atom is -0.348 e. The Balaban J connectivity index is 1.45. The van der Waals surface area contributed by atoms with Crippen LogP contribution in [0.4, 0.5) is 0 Å². The van der Waals surface area contributed by atoms with E-state index in [2.05, 4.69) is 27.8 Å². The van der Waals surface area contributed by atoms with Crippen LogP contribution in [-0.2, 0) is 0 Å². The lowest BCUT2D eigenvalue weighted by Gasteiger charge is -2.23. The fourth-order valence-electron chi connectivity index (χ4n) is 4.00. The highest BCUT2D eigenvalue weighted by Crippen LogP contribution is 2.34. The monoisotopic (exact) mass is 323 g/mol. The predicted octanol–water partition coefficient (Wildman–Crippen LogP) is 2.93. The van der Waals surface area contributed by atoms with Crippen molar-refractivity contribution in [2.24, 2.45) is 5.92 Å². The summed E-state index contributed by atoms with van der Waals surface area (Å²) in [5, 5.41) is 9.01. The van der Waals surface area contributed by atoms with E-state index in [0.29, 0.717) is 23.7 Å². The number of carbonyl (C=O) groups is 1. The highest BCUT2D eigenvalue weighted by molar-refractivity contribution is 7.25. The second kappa shape index (κ2) is 5.01.